The summed E-state index contributed by atoms with van der Waals surface area (Å²) in [6.07, 6.45) is 5.38. The first-order valence-corrected chi connectivity index (χ1v) is 19.8. The van der Waals surface area contributed by atoms with Crippen molar-refractivity contribution >= 4 is 93.5 Å². The van der Waals surface area contributed by atoms with Crippen LogP contribution in [0.15, 0.2) is 134 Å². The molecule has 0 heterocycles. The fourth-order valence-corrected chi connectivity index (χ4v) is 7.12. The Hall–Kier alpha value is -6.49. The molecule has 4 aromatic carbocycles. The third kappa shape index (κ3) is 8.84. The van der Waals surface area contributed by atoms with Gasteiger partial charge in [-0.3, -0.25) is 34.1 Å². The van der Waals surface area contributed by atoms with E-state index in [1.54, 1.807) is 36.4 Å². The molecule has 0 fully saturated rings. The van der Waals surface area contributed by atoms with Crippen molar-refractivity contribution in [3.8, 4) is 0 Å². The van der Waals surface area contributed by atoms with Crippen LogP contribution in [0.3, 0.4) is 0 Å². The molecule has 0 aromatic heterocycles. The zero-order valence-electron chi connectivity index (χ0n) is 27.7. The lowest BCUT2D eigenvalue weighted by molar-refractivity contribution is -0.108. The van der Waals surface area contributed by atoms with E-state index in [1.807, 2.05) is 30.3 Å². The average Bonchev–Trinajstić information content (AvgIpc) is 3.11. The Balaban J connectivity index is 1.18. The first-order chi connectivity index (χ1) is 25.9. The monoisotopic (exact) mass is 805 g/mol. The molecule has 18 nitrogen and oxygen atoms in total. The summed E-state index contributed by atoms with van der Waals surface area (Å²) in [5.74, 6) is -1.50. The predicted octanol–water partition coefficient (Wildman–Crippen LogP) is 4.30. The van der Waals surface area contributed by atoms with Gasteiger partial charge in [-0.05, 0) is 90.5 Å². The number of hydrogen-bond donors (Lipinski definition) is 8. The van der Waals surface area contributed by atoms with Crippen molar-refractivity contribution in [1.29, 1.82) is 0 Å². The minimum absolute atomic E-state index is 0.102. The number of para-hydroxylation sites is 1. The van der Waals surface area contributed by atoms with E-state index in [4.69, 9.17) is 5.73 Å². The molecule has 0 radical (unpaired) electrons. The Morgan fingerprint density at radius 3 is 1.89 bits per heavy atom. The number of carbonyl (C=O) groups is 2. The second kappa shape index (κ2) is 14.7. The van der Waals surface area contributed by atoms with Gasteiger partial charge in [0.15, 0.2) is 5.71 Å². The molecule has 9 N–H and O–H groups in total. The van der Waals surface area contributed by atoms with Crippen LogP contribution in [0, 0.1) is 0 Å². The highest BCUT2D eigenvalue weighted by molar-refractivity contribution is 7.91. The maximum absolute atomic E-state index is 13.3. The van der Waals surface area contributed by atoms with E-state index in [2.05, 4.69) is 31.7 Å². The Morgan fingerprint density at radius 1 is 0.618 bits per heavy atom. The van der Waals surface area contributed by atoms with Crippen LogP contribution in [0.5, 0.6) is 0 Å². The molecule has 2 aliphatic rings. The van der Waals surface area contributed by atoms with E-state index >= 15 is 0 Å². The lowest BCUT2D eigenvalue weighted by Gasteiger charge is -2.18. The predicted molar refractivity (Wildman–Crippen MR) is 205 cm³/mol. The van der Waals surface area contributed by atoms with E-state index < -0.39 is 67.8 Å². The molecular weight excluding hydrogens is 779 g/mol. The molecule has 0 amide bonds. The molecule has 0 saturated carbocycles. The summed E-state index contributed by atoms with van der Waals surface area (Å²) in [6, 6.07) is 20.5. The maximum Gasteiger partial charge on any atom is 0.296 e. The van der Waals surface area contributed by atoms with E-state index in [0.717, 1.165) is 23.9 Å². The number of carbonyl (C=O) groups excluding carboxylic acids is 2. The Kier molecular flexibility index (Phi) is 10.2. The summed E-state index contributed by atoms with van der Waals surface area (Å²) >= 11 is 0. The maximum atomic E-state index is 13.3. The number of hydrazone groups is 2. The molecule has 0 aliphatic heterocycles. The number of allylic oxidation sites excluding steroid dienone is 4. The third-order valence-corrected chi connectivity index (χ3v) is 10.4. The summed E-state index contributed by atoms with van der Waals surface area (Å²) < 4.78 is 102. The van der Waals surface area contributed by atoms with Gasteiger partial charge in [-0.25, -0.2) is 0 Å². The van der Waals surface area contributed by atoms with Gasteiger partial charge >= 0.3 is 0 Å². The summed E-state index contributed by atoms with van der Waals surface area (Å²) in [4.78, 5) is 23.4. The lowest BCUT2D eigenvalue weighted by atomic mass is 9.93. The number of fused-ring (bicyclic) bond motifs is 1. The SMILES string of the molecule is Nc1cc(S(=O)(=O)O)cc2c1C(=O)/C(=N/Nc1ccc(Nc3ccc(N/N=C4/C=CC(Nc5ccccc5)=CC4=O)cc3)c(S(=O)(=O)O)c1)C(S(=O)(=O)O)=C2. The molecule has 55 heavy (non-hydrogen) atoms. The number of benzene rings is 4. The molecule has 0 unspecified atom stereocenters. The third-order valence-electron chi connectivity index (χ3n) is 7.76. The van der Waals surface area contributed by atoms with Crippen LogP contribution < -0.4 is 27.2 Å². The van der Waals surface area contributed by atoms with E-state index in [9.17, 15) is 48.5 Å². The van der Waals surface area contributed by atoms with Crippen molar-refractivity contribution in [3.63, 3.8) is 0 Å². The Labute approximate surface area is 313 Å². The van der Waals surface area contributed by atoms with Crippen molar-refractivity contribution in [2.75, 3.05) is 27.2 Å². The second-order valence-corrected chi connectivity index (χ2v) is 15.8. The van der Waals surface area contributed by atoms with Crippen molar-refractivity contribution in [1.82, 2.24) is 0 Å². The van der Waals surface area contributed by atoms with Gasteiger partial charge in [0, 0.05) is 28.8 Å². The molecule has 0 spiro atoms. The van der Waals surface area contributed by atoms with E-state index in [0.29, 0.717) is 23.1 Å². The highest BCUT2D eigenvalue weighted by Crippen LogP contribution is 2.33. The van der Waals surface area contributed by atoms with Gasteiger partial charge in [0.2, 0.25) is 11.6 Å². The lowest BCUT2D eigenvalue weighted by Crippen LogP contribution is -2.28. The fourth-order valence-electron chi connectivity index (χ4n) is 5.24. The standard InChI is InChI=1S/C34H27N7O11S3/c35-26-18-25(53(44,45)46)14-19-15-31(55(50,51)52)33(34(43)32(19)26)41-39-24-11-13-28(30(17-24)54(47,48)49)37-21-6-8-22(9-7-21)38-40-27-12-10-23(16-29(27)42)36-20-4-2-1-3-5-20/h1-18,36-39H,35H2,(H,44,45,46)(H,47,48,49)(H,50,51,52)/b40-27-,41-33+. The van der Waals surface area contributed by atoms with Crippen molar-refractivity contribution in [2.45, 2.75) is 9.79 Å². The first kappa shape index (κ1) is 38.2. The molecule has 282 valence electrons. The molecule has 2 aliphatic carbocycles. The molecule has 0 saturated heterocycles. The Morgan fingerprint density at radius 2 is 1.25 bits per heavy atom. The van der Waals surface area contributed by atoms with E-state index in [-0.39, 0.29) is 28.4 Å². The van der Waals surface area contributed by atoms with Gasteiger partial charge in [0.05, 0.1) is 27.5 Å². The highest BCUT2D eigenvalue weighted by atomic mass is 32.2. The van der Waals surface area contributed by atoms with Crippen molar-refractivity contribution in [3.05, 3.63) is 125 Å². The number of nitrogens with two attached hydrogens (primary N) is 1. The van der Waals surface area contributed by atoms with Crippen molar-refractivity contribution < 1.29 is 48.5 Å². The topological polar surface area (TPSA) is 296 Å². The number of hydrogen-bond acceptors (Lipinski definition) is 15. The summed E-state index contributed by atoms with van der Waals surface area (Å²) in [7, 11) is -14.9. The number of Topliss-reactive ketones (excluding diaryl/α,β-unsaturated/α-hetero) is 1. The van der Waals surface area contributed by atoms with Crippen LogP contribution in [0.2, 0.25) is 0 Å². The van der Waals surface area contributed by atoms with Gasteiger partial charge in [-0.2, -0.15) is 35.5 Å². The number of nitrogens with one attached hydrogen (secondary N) is 4. The Bertz CT molecular complexity index is 2760. The van der Waals surface area contributed by atoms with Crippen LogP contribution >= 0.6 is 0 Å². The van der Waals surface area contributed by atoms with Crippen LogP contribution in [0.1, 0.15) is 15.9 Å². The minimum Gasteiger partial charge on any atom is -0.398 e. The average molecular weight is 806 g/mol. The molecular formula is C34H27N7O11S3. The molecule has 6 rings (SSSR count). The second-order valence-electron chi connectivity index (χ2n) is 11.6. The molecule has 4 aromatic rings. The fraction of sp³-hybridized carbons (Fsp3) is 0. The van der Waals surface area contributed by atoms with Gasteiger partial charge in [-0.15, -0.1) is 0 Å². The summed E-state index contributed by atoms with van der Waals surface area (Å²) in [5, 5.41) is 13.9. The largest absolute Gasteiger partial charge is 0.398 e. The number of anilines is 6. The van der Waals surface area contributed by atoms with Gasteiger partial charge < -0.3 is 16.4 Å². The van der Waals surface area contributed by atoms with Crippen molar-refractivity contribution in [2.24, 2.45) is 10.2 Å². The normalized spacial score (nSPS) is 16.0. The van der Waals surface area contributed by atoms with Crippen LogP contribution in [-0.4, -0.2) is 61.9 Å². The number of nitrogens with zero attached hydrogens (tertiary/aromatic N) is 2. The zero-order chi connectivity index (χ0) is 39.7. The summed E-state index contributed by atoms with van der Waals surface area (Å²) in [5.41, 5.74) is 10.9. The quantitative estimate of drug-likeness (QED) is 0.0453. The van der Waals surface area contributed by atoms with Crippen LogP contribution in [0.25, 0.3) is 6.08 Å². The number of rotatable bonds is 11. The molecule has 0 atom stereocenters. The highest BCUT2D eigenvalue weighted by Gasteiger charge is 2.35. The number of nitrogen functional groups attached to an aromatic ring is 1. The summed E-state index contributed by atoms with van der Waals surface area (Å²) in [6.45, 7) is 0. The van der Waals surface area contributed by atoms with Crippen LogP contribution in [-0.2, 0) is 35.1 Å². The zero-order valence-corrected chi connectivity index (χ0v) is 30.1. The smallest absolute Gasteiger partial charge is 0.296 e. The molecule has 0 bridgehead atoms. The molecule has 21 heteroatoms. The first-order valence-electron chi connectivity index (χ1n) is 15.4. The number of ketones is 2. The minimum atomic E-state index is -5.18. The van der Waals surface area contributed by atoms with Gasteiger partial charge in [0.25, 0.3) is 30.4 Å². The van der Waals surface area contributed by atoms with E-state index in [1.165, 1.54) is 18.2 Å². The van der Waals surface area contributed by atoms with Gasteiger partial charge in [0.1, 0.15) is 15.5 Å². The van der Waals surface area contributed by atoms with Gasteiger partial charge in [-0.1, -0.05) is 18.2 Å². The van der Waals surface area contributed by atoms with Crippen LogP contribution in [0.4, 0.5) is 34.1 Å².